The summed E-state index contributed by atoms with van der Waals surface area (Å²) in [6.45, 7) is 0.423. The minimum absolute atomic E-state index is 0.289. The molecule has 0 saturated carbocycles. The maximum absolute atomic E-state index is 13.7. The van der Waals surface area contributed by atoms with Crippen LogP contribution in [0.25, 0.3) is 0 Å². The number of nitrogens with one attached hydrogen (secondary N) is 1. The molecule has 0 unspecified atom stereocenters. The molecule has 2 aromatic carbocycles. The number of hydrogen-bond acceptors (Lipinski definition) is 4. The van der Waals surface area contributed by atoms with Gasteiger partial charge in [-0.3, -0.25) is 4.79 Å². The number of halogens is 1. The van der Waals surface area contributed by atoms with E-state index < -0.39 is 18.1 Å². The minimum atomic E-state index is -1.10. The molecule has 0 radical (unpaired) electrons. The Morgan fingerprint density at radius 2 is 1.89 bits per heavy atom. The largest absolute Gasteiger partial charge is 0.482 e. The minimum Gasteiger partial charge on any atom is -0.482 e. The summed E-state index contributed by atoms with van der Waals surface area (Å²) in [5, 5.41) is 11.7. The molecule has 0 aliphatic carbocycles. The third kappa shape index (κ3) is 4.62. The van der Waals surface area contributed by atoms with Gasteiger partial charge in [0.15, 0.2) is 6.61 Å². The van der Waals surface area contributed by atoms with E-state index in [0.29, 0.717) is 37.2 Å². The summed E-state index contributed by atoms with van der Waals surface area (Å²) in [4.78, 5) is 23.5. The summed E-state index contributed by atoms with van der Waals surface area (Å²) in [5.74, 6) is -1.52. The van der Waals surface area contributed by atoms with Crippen LogP contribution < -0.4 is 10.1 Å². The zero-order valence-electron chi connectivity index (χ0n) is 14.6. The molecule has 3 rings (SSSR count). The van der Waals surface area contributed by atoms with Crippen LogP contribution in [0.5, 0.6) is 5.75 Å². The summed E-state index contributed by atoms with van der Waals surface area (Å²) < 4.78 is 24.3. The van der Waals surface area contributed by atoms with Crippen molar-refractivity contribution in [3.63, 3.8) is 0 Å². The fourth-order valence-corrected chi connectivity index (χ4v) is 3.15. The van der Waals surface area contributed by atoms with E-state index in [1.54, 1.807) is 30.3 Å². The highest BCUT2D eigenvalue weighted by Crippen LogP contribution is 2.33. The van der Waals surface area contributed by atoms with Crippen LogP contribution in [0.4, 0.5) is 4.39 Å². The molecule has 1 heterocycles. The number of carboxylic acids is 1. The Hall–Kier alpha value is -2.93. The summed E-state index contributed by atoms with van der Waals surface area (Å²) in [7, 11) is 0. The Labute approximate surface area is 155 Å². The highest BCUT2D eigenvalue weighted by Gasteiger charge is 2.36. The second kappa shape index (κ2) is 8.18. The second-order valence-corrected chi connectivity index (χ2v) is 6.37. The Morgan fingerprint density at radius 1 is 1.15 bits per heavy atom. The molecular formula is C20H20FNO5. The Morgan fingerprint density at radius 3 is 2.59 bits per heavy atom. The SMILES string of the molecule is O=C(O)COc1cccc(C(=O)NC2(c3cccc(F)c3)CCOCC2)c1. The third-order valence-corrected chi connectivity index (χ3v) is 4.53. The van der Waals surface area contributed by atoms with E-state index in [0.717, 1.165) is 0 Å². The van der Waals surface area contributed by atoms with E-state index in [-0.39, 0.29) is 17.5 Å². The van der Waals surface area contributed by atoms with E-state index in [4.69, 9.17) is 14.6 Å². The summed E-state index contributed by atoms with van der Waals surface area (Å²) in [6.07, 6.45) is 1.05. The number of aliphatic carboxylic acids is 1. The van der Waals surface area contributed by atoms with Crippen molar-refractivity contribution >= 4 is 11.9 Å². The van der Waals surface area contributed by atoms with Gasteiger partial charge in [-0.25, -0.2) is 9.18 Å². The molecule has 27 heavy (non-hydrogen) atoms. The zero-order valence-corrected chi connectivity index (χ0v) is 14.6. The number of rotatable bonds is 6. The summed E-state index contributed by atoms with van der Waals surface area (Å²) in [6, 6.07) is 12.5. The van der Waals surface area contributed by atoms with E-state index in [2.05, 4.69) is 5.32 Å². The van der Waals surface area contributed by atoms with Gasteiger partial charge in [0.1, 0.15) is 11.6 Å². The normalized spacial score (nSPS) is 15.7. The van der Waals surface area contributed by atoms with E-state index >= 15 is 0 Å². The highest BCUT2D eigenvalue weighted by atomic mass is 19.1. The van der Waals surface area contributed by atoms with Crippen LogP contribution in [0.3, 0.4) is 0 Å². The number of ether oxygens (including phenoxy) is 2. The van der Waals surface area contributed by atoms with Crippen molar-refractivity contribution in [2.75, 3.05) is 19.8 Å². The van der Waals surface area contributed by atoms with Gasteiger partial charge in [-0.2, -0.15) is 0 Å². The predicted molar refractivity (Wildman–Crippen MR) is 95.2 cm³/mol. The van der Waals surface area contributed by atoms with Crippen LogP contribution in [-0.4, -0.2) is 36.8 Å². The molecule has 7 heteroatoms. The van der Waals surface area contributed by atoms with Crippen LogP contribution in [-0.2, 0) is 15.1 Å². The zero-order chi connectivity index (χ0) is 19.3. The van der Waals surface area contributed by atoms with Crippen molar-refractivity contribution in [1.82, 2.24) is 5.32 Å². The summed E-state index contributed by atoms with van der Waals surface area (Å²) in [5.41, 5.74) is 0.299. The number of carboxylic acid groups (broad SMARTS) is 1. The van der Waals surface area contributed by atoms with Gasteiger partial charge in [0.05, 0.1) is 5.54 Å². The van der Waals surface area contributed by atoms with E-state index in [1.807, 2.05) is 0 Å². The predicted octanol–water partition coefficient (Wildman–Crippen LogP) is 2.72. The lowest BCUT2D eigenvalue weighted by atomic mass is 9.82. The molecule has 0 bridgehead atoms. The maximum atomic E-state index is 13.7. The molecule has 0 spiro atoms. The lowest BCUT2D eigenvalue weighted by Crippen LogP contribution is -2.49. The van der Waals surface area contributed by atoms with Crippen LogP contribution in [0.1, 0.15) is 28.8 Å². The topological polar surface area (TPSA) is 84.9 Å². The lowest BCUT2D eigenvalue weighted by Gasteiger charge is -2.38. The quantitative estimate of drug-likeness (QED) is 0.813. The van der Waals surface area contributed by atoms with Crippen molar-refractivity contribution < 1.29 is 28.6 Å². The molecule has 142 valence electrons. The molecule has 0 aromatic heterocycles. The molecule has 1 aliphatic rings. The van der Waals surface area contributed by atoms with Gasteiger partial charge in [-0.15, -0.1) is 0 Å². The van der Waals surface area contributed by atoms with Crippen LogP contribution in [0, 0.1) is 5.82 Å². The fourth-order valence-electron chi connectivity index (χ4n) is 3.15. The monoisotopic (exact) mass is 373 g/mol. The van der Waals surface area contributed by atoms with Gasteiger partial charge in [0.25, 0.3) is 5.91 Å². The van der Waals surface area contributed by atoms with Gasteiger partial charge in [0, 0.05) is 18.8 Å². The number of carbonyl (C=O) groups is 2. The lowest BCUT2D eigenvalue weighted by molar-refractivity contribution is -0.139. The average Bonchev–Trinajstić information content (AvgIpc) is 2.67. The van der Waals surface area contributed by atoms with E-state index in [9.17, 15) is 14.0 Å². The second-order valence-electron chi connectivity index (χ2n) is 6.37. The first-order valence-electron chi connectivity index (χ1n) is 8.59. The maximum Gasteiger partial charge on any atom is 0.341 e. The number of hydrogen-bond donors (Lipinski definition) is 2. The van der Waals surface area contributed by atoms with Crippen molar-refractivity contribution in [2.45, 2.75) is 18.4 Å². The van der Waals surface area contributed by atoms with E-state index in [1.165, 1.54) is 18.2 Å². The Kier molecular flexibility index (Phi) is 5.71. The first-order valence-corrected chi connectivity index (χ1v) is 8.59. The molecule has 2 N–H and O–H groups in total. The molecule has 1 aliphatic heterocycles. The third-order valence-electron chi connectivity index (χ3n) is 4.53. The Bertz CT molecular complexity index is 833. The van der Waals surface area contributed by atoms with Crippen molar-refractivity contribution in [1.29, 1.82) is 0 Å². The fraction of sp³-hybridized carbons (Fsp3) is 0.300. The number of benzene rings is 2. The van der Waals surface area contributed by atoms with Crippen molar-refractivity contribution in [2.24, 2.45) is 0 Å². The van der Waals surface area contributed by atoms with Crippen LogP contribution in [0.2, 0.25) is 0 Å². The molecular weight excluding hydrogens is 353 g/mol. The van der Waals surface area contributed by atoms with Gasteiger partial charge < -0.3 is 19.9 Å². The first-order chi connectivity index (χ1) is 13.0. The van der Waals surface area contributed by atoms with Gasteiger partial charge in [-0.1, -0.05) is 18.2 Å². The first kappa shape index (κ1) is 18.8. The van der Waals surface area contributed by atoms with Crippen molar-refractivity contribution in [3.05, 3.63) is 65.5 Å². The van der Waals surface area contributed by atoms with Gasteiger partial charge in [0.2, 0.25) is 0 Å². The average molecular weight is 373 g/mol. The van der Waals surface area contributed by atoms with Crippen LogP contribution in [0.15, 0.2) is 48.5 Å². The Balaban J connectivity index is 1.83. The van der Waals surface area contributed by atoms with Gasteiger partial charge >= 0.3 is 5.97 Å². The molecule has 1 amide bonds. The van der Waals surface area contributed by atoms with Crippen LogP contribution >= 0.6 is 0 Å². The summed E-state index contributed by atoms with van der Waals surface area (Å²) >= 11 is 0. The standard InChI is InChI=1S/C20H20FNO5/c21-16-5-2-4-15(12-16)20(7-9-26-10-8-20)22-19(25)14-3-1-6-17(11-14)27-13-18(23)24/h1-6,11-12H,7-10,13H2,(H,22,25)(H,23,24). The molecule has 0 atom stereocenters. The number of amides is 1. The van der Waals surface area contributed by atoms with Gasteiger partial charge in [-0.05, 0) is 48.7 Å². The molecule has 1 fully saturated rings. The highest BCUT2D eigenvalue weighted by molar-refractivity contribution is 5.95. The van der Waals surface area contributed by atoms with Crippen molar-refractivity contribution in [3.8, 4) is 5.75 Å². The molecule has 1 saturated heterocycles. The molecule has 2 aromatic rings. The smallest absolute Gasteiger partial charge is 0.341 e. The number of carbonyl (C=O) groups excluding carboxylic acids is 1. The molecule has 6 nitrogen and oxygen atoms in total.